The molecule has 138 valence electrons. The first-order valence-corrected chi connectivity index (χ1v) is 8.71. The van der Waals surface area contributed by atoms with Gasteiger partial charge in [0.05, 0.1) is 5.69 Å². The summed E-state index contributed by atoms with van der Waals surface area (Å²) in [6.45, 7) is 6.11. The quantitative estimate of drug-likeness (QED) is 0.702. The molecule has 3 aromatic rings. The molecule has 1 aromatic heterocycles. The van der Waals surface area contributed by atoms with Crippen molar-refractivity contribution in [3.63, 3.8) is 0 Å². The Labute approximate surface area is 158 Å². The maximum atomic E-state index is 13.1. The van der Waals surface area contributed by atoms with Crippen molar-refractivity contribution in [1.82, 2.24) is 9.97 Å². The van der Waals surface area contributed by atoms with Crippen molar-refractivity contribution < 1.29 is 4.39 Å². The van der Waals surface area contributed by atoms with E-state index in [9.17, 15) is 4.39 Å². The molecule has 0 atom stereocenters. The SMILES string of the molecule is Cc1nc(N)nc(N)c1/C=C/C(C)(C)c1ccc(-c2ccc(F)cc2)cc1. The maximum absolute atomic E-state index is 13.1. The Morgan fingerprint density at radius 1 is 0.889 bits per heavy atom. The number of aryl methyl sites for hydroxylation is 1. The van der Waals surface area contributed by atoms with Gasteiger partial charge >= 0.3 is 0 Å². The molecule has 2 aromatic carbocycles. The van der Waals surface area contributed by atoms with E-state index in [1.807, 2.05) is 25.1 Å². The van der Waals surface area contributed by atoms with Crippen LogP contribution in [0.1, 0.15) is 30.7 Å². The van der Waals surface area contributed by atoms with Crippen molar-refractivity contribution >= 4 is 17.8 Å². The van der Waals surface area contributed by atoms with Gasteiger partial charge < -0.3 is 11.5 Å². The van der Waals surface area contributed by atoms with Crippen LogP contribution >= 0.6 is 0 Å². The zero-order chi connectivity index (χ0) is 19.6. The monoisotopic (exact) mass is 362 g/mol. The van der Waals surface area contributed by atoms with Crippen molar-refractivity contribution in [2.45, 2.75) is 26.2 Å². The van der Waals surface area contributed by atoms with Crippen LogP contribution in [0.2, 0.25) is 0 Å². The third-order valence-corrected chi connectivity index (χ3v) is 4.66. The second kappa shape index (κ2) is 7.19. The molecule has 27 heavy (non-hydrogen) atoms. The van der Waals surface area contributed by atoms with Crippen LogP contribution in [-0.2, 0) is 5.41 Å². The zero-order valence-corrected chi connectivity index (χ0v) is 15.7. The van der Waals surface area contributed by atoms with Gasteiger partial charge in [-0.3, -0.25) is 0 Å². The van der Waals surface area contributed by atoms with E-state index in [0.29, 0.717) is 5.82 Å². The molecule has 1 heterocycles. The minimum absolute atomic E-state index is 0.179. The number of rotatable bonds is 4. The summed E-state index contributed by atoms with van der Waals surface area (Å²) in [5.41, 5.74) is 16.1. The number of anilines is 2. The van der Waals surface area contributed by atoms with Crippen LogP contribution in [0.25, 0.3) is 17.2 Å². The highest BCUT2D eigenvalue weighted by atomic mass is 19.1. The summed E-state index contributed by atoms with van der Waals surface area (Å²) in [4.78, 5) is 8.19. The predicted molar refractivity (Wildman–Crippen MR) is 109 cm³/mol. The molecule has 0 spiro atoms. The number of aromatic nitrogens is 2. The molecule has 0 aliphatic carbocycles. The highest BCUT2D eigenvalue weighted by molar-refractivity contribution is 5.66. The van der Waals surface area contributed by atoms with Gasteiger partial charge in [-0.1, -0.05) is 62.4 Å². The molecule has 0 unspecified atom stereocenters. The van der Waals surface area contributed by atoms with E-state index < -0.39 is 0 Å². The molecule has 4 nitrogen and oxygen atoms in total. The van der Waals surface area contributed by atoms with E-state index in [0.717, 1.165) is 27.9 Å². The fourth-order valence-corrected chi connectivity index (χ4v) is 2.95. The van der Waals surface area contributed by atoms with Crippen LogP contribution in [-0.4, -0.2) is 9.97 Å². The second-order valence-electron chi connectivity index (χ2n) is 7.11. The molecule has 5 heteroatoms. The standard InChI is InChI=1S/C22H23FN4/c1-14-19(20(24)27-21(25)26-14)12-13-22(2,3)17-8-4-15(5-9-17)16-6-10-18(23)11-7-16/h4-13H,1-3H3,(H4,24,25,26,27)/b13-12+. The van der Waals surface area contributed by atoms with Crippen molar-refractivity contribution in [2.24, 2.45) is 0 Å². The van der Waals surface area contributed by atoms with Gasteiger partial charge in [-0.05, 0) is 35.7 Å². The van der Waals surface area contributed by atoms with E-state index in [1.54, 1.807) is 12.1 Å². The molecular formula is C22H23FN4. The fourth-order valence-electron chi connectivity index (χ4n) is 2.95. The minimum atomic E-state index is -0.233. The highest BCUT2D eigenvalue weighted by Crippen LogP contribution is 2.29. The van der Waals surface area contributed by atoms with Crippen LogP contribution in [0, 0.1) is 12.7 Å². The summed E-state index contributed by atoms with van der Waals surface area (Å²) in [5, 5.41) is 0. The Hall–Kier alpha value is -3.21. The molecule has 3 rings (SSSR count). The van der Waals surface area contributed by atoms with Gasteiger partial charge in [0.25, 0.3) is 0 Å². The lowest BCUT2D eigenvalue weighted by Gasteiger charge is -2.21. The van der Waals surface area contributed by atoms with Gasteiger partial charge in [0.2, 0.25) is 5.95 Å². The molecule has 0 radical (unpaired) electrons. The lowest BCUT2D eigenvalue weighted by atomic mass is 9.83. The number of allylic oxidation sites excluding steroid dienone is 1. The van der Waals surface area contributed by atoms with Gasteiger partial charge in [-0.25, -0.2) is 9.37 Å². The number of halogens is 1. The van der Waals surface area contributed by atoms with Crippen molar-refractivity contribution in [2.75, 3.05) is 11.5 Å². The first kappa shape index (κ1) is 18.6. The Kier molecular flexibility index (Phi) is 4.95. The van der Waals surface area contributed by atoms with E-state index >= 15 is 0 Å². The third-order valence-electron chi connectivity index (χ3n) is 4.66. The molecular weight excluding hydrogens is 339 g/mol. The normalized spacial score (nSPS) is 11.9. The van der Waals surface area contributed by atoms with E-state index in [2.05, 4.69) is 42.0 Å². The van der Waals surface area contributed by atoms with E-state index in [1.165, 1.54) is 12.1 Å². The molecule has 0 aliphatic heterocycles. The lowest BCUT2D eigenvalue weighted by molar-refractivity contribution is 0.628. The van der Waals surface area contributed by atoms with Crippen LogP contribution in [0.15, 0.2) is 54.6 Å². The third kappa shape index (κ3) is 4.14. The first-order chi connectivity index (χ1) is 12.8. The summed E-state index contributed by atoms with van der Waals surface area (Å²) < 4.78 is 13.1. The Balaban J connectivity index is 1.85. The van der Waals surface area contributed by atoms with Crippen molar-refractivity contribution in [3.05, 3.63) is 77.2 Å². The van der Waals surface area contributed by atoms with Crippen LogP contribution in [0.3, 0.4) is 0 Å². The summed E-state index contributed by atoms with van der Waals surface area (Å²) >= 11 is 0. The molecule has 0 amide bonds. The van der Waals surface area contributed by atoms with Crippen LogP contribution in [0.5, 0.6) is 0 Å². The van der Waals surface area contributed by atoms with E-state index in [-0.39, 0.29) is 17.2 Å². The van der Waals surface area contributed by atoms with Gasteiger partial charge in [0.1, 0.15) is 11.6 Å². The number of hydrogen-bond acceptors (Lipinski definition) is 4. The average molecular weight is 362 g/mol. The van der Waals surface area contributed by atoms with Gasteiger partial charge in [0, 0.05) is 11.0 Å². The summed E-state index contributed by atoms with van der Waals surface area (Å²) in [6, 6.07) is 14.8. The predicted octanol–water partition coefficient (Wildman–Crippen LogP) is 4.75. The summed E-state index contributed by atoms with van der Waals surface area (Å²) in [6.07, 6.45) is 4.02. The first-order valence-electron chi connectivity index (χ1n) is 8.71. The second-order valence-corrected chi connectivity index (χ2v) is 7.11. The molecule has 0 bridgehead atoms. The molecule has 0 saturated heterocycles. The number of nitrogens with two attached hydrogens (primary N) is 2. The molecule has 0 aliphatic rings. The summed E-state index contributed by atoms with van der Waals surface area (Å²) in [5.74, 6) is 0.319. The number of hydrogen-bond donors (Lipinski definition) is 2. The average Bonchev–Trinajstić information content (AvgIpc) is 2.61. The van der Waals surface area contributed by atoms with Crippen LogP contribution in [0.4, 0.5) is 16.2 Å². The lowest BCUT2D eigenvalue weighted by Crippen LogP contribution is -2.13. The highest BCUT2D eigenvalue weighted by Gasteiger charge is 2.17. The smallest absolute Gasteiger partial charge is 0.222 e. The Morgan fingerprint density at radius 2 is 1.44 bits per heavy atom. The number of nitrogen functional groups attached to an aromatic ring is 2. The summed E-state index contributed by atoms with van der Waals surface area (Å²) in [7, 11) is 0. The van der Waals surface area contributed by atoms with E-state index in [4.69, 9.17) is 11.5 Å². The van der Waals surface area contributed by atoms with Gasteiger partial charge in [0.15, 0.2) is 0 Å². The largest absolute Gasteiger partial charge is 0.383 e. The van der Waals surface area contributed by atoms with Crippen LogP contribution < -0.4 is 11.5 Å². The number of nitrogens with zero attached hydrogens (tertiary/aromatic N) is 2. The molecule has 0 saturated carbocycles. The van der Waals surface area contributed by atoms with Gasteiger partial charge in [-0.15, -0.1) is 0 Å². The Morgan fingerprint density at radius 3 is 2.00 bits per heavy atom. The minimum Gasteiger partial charge on any atom is -0.383 e. The zero-order valence-electron chi connectivity index (χ0n) is 15.7. The Bertz CT molecular complexity index is 951. The van der Waals surface area contributed by atoms with Crippen molar-refractivity contribution in [1.29, 1.82) is 0 Å². The molecule has 0 fully saturated rings. The topological polar surface area (TPSA) is 77.8 Å². The fraction of sp³-hybridized carbons (Fsp3) is 0.182. The number of benzene rings is 2. The van der Waals surface area contributed by atoms with Gasteiger partial charge in [-0.2, -0.15) is 4.98 Å². The van der Waals surface area contributed by atoms with Crippen molar-refractivity contribution in [3.8, 4) is 11.1 Å². The maximum Gasteiger partial charge on any atom is 0.222 e. The molecule has 4 N–H and O–H groups in total.